The highest BCUT2D eigenvalue weighted by Gasteiger charge is 2.19. The Morgan fingerprint density at radius 2 is 1.69 bits per heavy atom. The average molecular weight is 451 g/mol. The summed E-state index contributed by atoms with van der Waals surface area (Å²) >= 11 is 11.9. The fourth-order valence-corrected chi connectivity index (χ4v) is 4.20. The molecule has 0 spiro atoms. The van der Waals surface area contributed by atoms with E-state index in [0.717, 1.165) is 5.56 Å². The van der Waals surface area contributed by atoms with Gasteiger partial charge in [-0.2, -0.15) is 0 Å². The number of hydrogen-bond acceptors (Lipinski definition) is 4. The van der Waals surface area contributed by atoms with Crippen LogP contribution in [0.15, 0.2) is 71.9 Å². The van der Waals surface area contributed by atoms with Crippen molar-refractivity contribution in [3.05, 3.63) is 82.6 Å². The first kappa shape index (κ1) is 20.9. The topological polar surface area (TPSA) is 100 Å². The van der Waals surface area contributed by atoms with Gasteiger partial charge in [-0.15, -0.1) is 0 Å². The van der Waals surface area contributed by atoms with Crippen LogP contribution in [0.2, 0.25) is 10.0 Å². The van der Waals surface area contributed by atoms with Gasteiger partial charge in [0.2, 0.25) is 0 Å². The van der Waals surface area contributed by atoms with Crippen LogP contribution in [0.1, 0.15) is 5.56 Å². The molecule has 29 heavy (non-hydrogen) atoms. The Morgan fingerprint density at radius 1 is 0.966 bits per heavy atom. The van der Waals surface area contributed by atoms with Crippen LogP contribution in [0.3, 0.4) is 0 Å². The summed E-state index contributed by atoms with van der Waals surface area (Å²) < 4.78 is 27.5. The Hall–Kier alpha value is -2.81. The number of urea groups is 1. The molecule has 0 aliphatic rings. The van der Waals surface area contributed by atoms with Gasteiger partial charge in [0.25, 0.3) is 10.0 Å². The monoisotopic (exact) mass is 450 g/mol. The van der Waals surface area contributed by atoms with Crippen molar-refractivity contribution in [2.45, 2.75) is 11.4 Å². The average Bonchev–Trinajstić information content (AvgIpc) is 2.70. The van der Waals surface area contributed by atoms with Crippen LogP contribution in [-0.4, -0.2) is 19.4 Å². The van der Waals surface area contributed by atoms with Gasteiger partial charge in [-0.1, -0.05) is 35.3 Å². The molecule has 3 N–H and O–H groups in total. The summed E-state index contributed by atoms with van der Waals surface area (Å²) in [5.74, 6) is 0. The SMILES string of the molecule is O=C(NCc1cccnc1)Nc1ccc(NS(=O)(=O)c2cccc(Cl)c2Cl)cc1. The second-order valence-electron chi connectivity index (χ2n) is 5.90. The molecule has 2 amide bonds. The molecule has 0 bridgehead atoms. The molecule has 2 aromatic carbocycles. The van der Waals surface area contributed by atoms with Gasteiger partial charge < -0.3 is 10.6 Å². The molecule has 3 aromatic rings. The molecule has 3 rings (SSSR count). The van der Waals surface area contributed by atoms with E-state index in [1.807, 2.05) is 6.07 Å². The van der Waals surface area contributed by atoms with Crippen molar-refractivity contribution in [1.82, 2.24) is 10.3 Å². The number of carbonyl (C=O) groups is 1. The predicted octanol–water partition coefficient (Wildman–Crippen LogP) is 4.51. The van der Waals surface area contributed by atoms with Crippen LogP contribution < -0.4 is 15.4 Å². The largest absolute Gasteiger partial charge is 0.334 e. The summed E-state index contributed by atoms with van der Waals surface area (Å²) in [6.45, 7) is 0.331. The van der Waals surface area contributed by atoms with Crippen LogP contribution in [0.5, 0.6) is 0 Å². The van der Waals surface area contributed by atoms with Crippen molar-refractivity contribution in [1.29, 1.82) is 0 Å². The second kappa shape index (κ2) is 9.13. The molecule has 0 unspecified atom stereocenters. The smallest absolute Gasteiger partial charge is 0.319 e. The Bertz CT molecular complexity index is 1110. The first-order chi connectivity index (χ1) is 13.8. The van der Waals surface area contributed by atoms with E-state index in [1.165, 1.54) is 30.3 Å². The molecule has 0 atom stereocenters. The van der Waals surface area contributed by atoms with Gasteiger partial charge in [-0.05, 0) is 48.0 Å². The lowest BCUT2D eigenvalue weighted by Crippen LogP contribution is -2.28. The number of benzene rings is 2. The molecule has 0 saturated heterocycles. The zero-order chi connectivity index (χ0) is 20.9. The van der Waals surface area contributed by atoms with E-state index in [9.17, 15) is 13.2 Å². The lowest BCUT2D eigenvalue weighted by atomic mass is 10.3. The van der Waals surface area contributed by atoms with E-state index >= 15 is 0 Å². The number of nitrogens with one attached hydrogen (secondary N) is 3. The number of nitrogens with zero attached hydrogens (tertiary/aromatic N) is 1. The van der Waals surface area contributed by atoms with Crippen molar-refractivity contribution in [3.8, 4) is 0 Å². The Balaban J connectivity index is 1.61. The number of pyridine rings is 1. The van der Waals surface area contributed by atoms with E-state index in [2.05, 4.69) is 20.3 Å². The minimum Gasteiger partial charge on any atom is -0.334 e. The van der Waals surface area contributed by atoms with E-state index in [0.29, 0.717) is 17.9 Å². The quantitative estimate of drug-likeness (QED) is 0.514. The van der Waals surface area contributed by atoms with Crippen LogP contribution in [0.4, 0.5) is 16.2 Å². The van der Waals surface area contributed by atoms with Crippen molar-refractivity contribution in [2.24, 2.45) is 0 Å². The molecule has 10 heteroatoms. The number of carbonyl (C=O) groups excluding carboxylic acids is 1. The summed E-state index contributed by atoms with van der Waals surface area (Å²) in [5, 5.41) is 5.46. The fraction of sp³-hybridized carbons (Fsp3) is 0.0526. The van der Waals surface area contributed by atoms with Crippen molar-refractivity contribution < 1.29 is 13.2 Å². The minimum atomic E-state index is -3.91. The number of aromatic nitrogens is 1. The molecule has 0 aliphatic carbocycles. The lowest BCUT2D eigenvalue weighted by Gasteiger charge is -2.11. The maximum absolute atomic E-state index is 12.5. The van der Waals surface area contributed by atoms with Gasteiger partial charge >= 0.3 is 6.03 Å². The van der Waals surface area contributed by atoms with Crippen molar-refractivity contribution in [2.75, 3.05) is 10.0 Å². The molecule has 1 heterocycles. The molecule has 0 saturated carbocycles. The molecule has 1 aromatic heterocycles. The highest BCUT2D eigenvalue weighted by Crippen LogP contribution is 2.30. The van der Waals surface area contributed by atoms with Crippen LogP contribution in [-0.2, 0) is 16.6 Å². The standard InChI is InChI=1S/C19H16Cl2N4O3S/c20-16-4-1-5-17(18(16)21)29(27,28)25-15-8-6-14(7-9-15)24-19(26)23-12-13-3-2-10-22-11-13/h1-11,25H,12H2,(H2,23,24,26). The molecule has 7 nitrogen and oxygen atoms in total. The molecule has 0 aliphatic heterocycles. The van der Waals surface area contributed by atoms with E-state index in [1.54, 1.807) is 30.6 Å². The van der Waals surface area contributed by atoms with Crippen LogP contribution in [0.25, 0.3) is 0 Å². The summed E-state index contributed by atoms with van der Waals surface area (Å²) in [6, 6.07) is 13.8. The second-order valence-corrected chi connectivity index (χ2v) is 8.34. The van der Waals surface area contributed by atoms with Gasteiger partial charge in [0.05, 0.1) is 10.0 Å². The highest BCUT2D eigenvalue weighted by atomic mass is 35.5. The normalized spacial score (nSPS) is 11.0. The predicted molar refractivity (Wildman–Crippen MR) is 114 cm³/mol. The zero-order valence-electron chi connectivity index (χ0n) is 14.9. The summed E-state index contributed by atoms with van der Waals surface area (Å²) in [6.07, 6.45) is 3.31. The minimum absolute atomic E-state index is 0.0507. The van der Waals surface area contributed by atoms with Crippen LogP contribution in [0, 0.1) is 0 Å². The van der Waals surface area contributed by atoms with Gasteiger partial charge in [0.1, 0.15) is 4.90 Å². The van der Waals surface area contributed by atoms with Crippen molar-refractivity contribution in [3.63, 3.8) is 0 Å². The third kappa shape index (κ3) is 5.60. The fourth-order valence-electron chi connectivity index (χ4n) is 2.38. The number of sulfonamides is 1. The molecule has 0 fully saturated rings. The highest BCUT2D eigenvalue weighted by molar-refractivity contribution is 7.92. The summed E-state index contributed by atoms with van der Waals surface area (Å²) in [5.41, 5.74) is 1.67. The van der Waals surface area contributed by atoms with Gasteiger partial charge in [-0.25, -0.2) is 13.2 Å². The number of hydrogen-bond donors (Lipinski definition) is 3. The maximum atomic E-state index is 12.5. The third-order valence-corrected chi connectivity index (χ3v) is 6.13. The number of amides is 2. The third-order valence-electron chi connectivity index (χ3n) is 3.78. The Morgan fingerprint density at radius 3 is 2.38 bits per heavy atom. The number of rotatable bonds is 6. The molecular formula is C19H16Cl2N4O3S. The van der Waals surface area contributed by atoms with E-state index < -0.39 is 16.1 Å². The Labute approximate surface area is 178 Å². The first-order valence-electron chi connectivity index (χ1n) is 8.36. The lowest BCUT2D eigenvalue weighted by molar-refractivity contribution is 0.251. The van der Waals surface area contributed by atoms with Gasteiger partial charge in [-0.3, -0.25) is 9.71 Å². The molecule has 150 valence electrons. The maximum Gasteiger partial charge on any atom is 0.319 e. The van der Waals surface area contributed by atoms with Gasteiger partial charge in [0.15, 0.2) is 0 Å². The summed E-state index contributed by atoms with van der Waals surface area (Å²) in [7, 11) is -3.91. The van der Waals surface area contributed by atoms with Gasteiger partial charge in [0, 0.05) is 30.3 Å². The number of anilines is 2. The van der Waals surface area contributed by atoms with Crippen LogP contribution >= 0.6 is 23.2 Å². The van der Waals surface area contributed by atoms with E-state index in [4.69, 9.17) is 23.2 Å². The van der Waals surface area contributed by atoms with Crippen molar-refractivity contribution >= 4 is 50.6 Å². The van der Waals surface area contributed by atoms with E-state index in [-0.39, 0.29) is 14.9 Å². The summed E-state index contributed by atoms with van der Waals surface area (Å²) in [4.78, 5) is 15.8. The zero-order valence-corrected chi connectivity index (χ0v) is 17.2. The Kier molecular flexibility index (Phi) is 6.58. The molecular weight excluding hydrogens is 435 g/mol. The molecule has 0 radical (unpaired) electrons. The first-order valence-corrected chi connectivity index (χ1v) is 10.6. The number of halogens is 2.